The largest absolute Gasteiger partial charge is 0.444 e. The van der Waals surface area contributed by atoms with E-state index in [0.29, 0.717) is 12.5 Å². The highest BCUT2D eigenvalue weighted by Crippen LogP contribution is 2.39. The maximum Gasteiger partial charge on any atom is 0.407 e. The molecule has 0 radical (unpaired) electrons. The number of amides is 1. The van der Waals surface area contributed by atoms with E-state index in [-0.39, 0.29) is 11.6 Å². The van der Waals surface area contributed by atoms with E-state index < -0.39 is 5.60 Å². The number of nitrogens with zero attached hydrogens (tertiary/aromatic N) is 1. The van der Waals surface area contributed by atoms with Crippen LogP contribution >= 0.6 is 0 Å². The predicted molar refractivity (Wildman–Crippen MR) is 92.3 cm³/mol. The van der Waals surface area contributed by atoms with Crippen LogP contribution in [-0.4, -0.2) is 28.3 Å². The highest BCUT2D eigenvalue weighted by atomic mass is 16.6. The Morgan fingerprint density at radius 2 is 2.04 bits per heavy atom. The minimum absolute atomic E-state index is 0.0920. The van der Waals surface area contributed by atoms with E-state index in [2.05, 4.69) is 47.5 Å². The Morgan fingerprint density at radius 1 is 1.35 bits per heavy atom. The second kappa shape index (κ2) is 6.95. The molecule has 0 aliphatic heterocycles. The summed E-state index contributed by atoms with van der Waals surface area (Å²) in [5.74, 6) is 0.616. The molecule has 1 heterocycles. The van der Waals surface area contributed by atoms with E-state index in [1.54, 1.807) is 0 Å². The van der Waals surface area contributed by atoms with Crippen LogP contribution < -0.4 is 10.6 Å². The van der Waals surface area contributed by atoms with Gasteiger partial charge in [-0.2, -0.15) is 0 Å². The first-order valence-electron chi connectivity index (χ1n) is 8.58. The van der Waals surface area contributed by atoms with Gasteiger partial charge in [0.25, 0.3) is 0 Å². The highest BCUT2D eigenvalue weighted by molar-refractivity contribution is 5.67. The van der Waals surface area contributed by atoms with E-state index in [1.165, 1.54) is 18.4 Å². The fourth-order valence-electron chi connectivity index (χ4n) is 2.74. The zero-order valence-corrected chi connectivity index (χ0v) is 15.1. The normalized spacial score (nSPS) is 17.6. The Bertz CT molecular complexity index is 529. The number of carbonyl (C=O) groups excluding carboxylic acids is 1. The molecule has 1 aliphatic carbocycles. The zero-order valence-electron chi connectivity index (χ0n) is 15.1. The SMILES string of the molecule is CCn1ccc(CNC(C)(CNC(=O)OC(C)(C)C)C2CC2)c1. The van der Waals surface area contributed by atoms with E-state index in [4.69, 9.17) is 4.74 Å². The van der Waals surface area contributed by atoms with Crippen molar-refractivity contribution >= 4 is 6.09 Å². The standard InChI is InChI=1S/C18H31N3O2/c1-6-21-10-9-14(12-21)11-20-18(5,15-7-8-15)13-19-16(22)23-17(2,3)4/h9-10,12,15,20H,6-8,11,13H2,1-5H3,(H,19,22). The van der Waals surface area contributed by atoms with E-state index in [9.17, 15) is 4.79 Å². The molecule has 0 aromatic carbocycles. The summed E-state index contributed by atoms with van der Waals surface area (Å²) in [5, 5.41) is 6.57. The molecule has 1 unspecified atom stereocenters. The first-order chi connectivity index (χ1) is 10.7. The van der Waals surface area contributed by atoms with Crippen molar-refractivity contribution in [3.05, 3.63) is 24.0 Å². The summed E-state index contributed by atoms with van der Waals surface area (Å²) < 4.78 is 7.50. The van der Waals surface area contributed by atoms with Gasteiger partial charge in [-0.25, -0.2) is 4.79 Å². The Kier molecular flexibility index (Phi) is 5.40. The molecule has 2 N–H and O–H groups in total. The van der Waals surface area contributed by atoms with Crippen LogP contribution in [0, 0.1) is 5.92 Å². The Morgan fingerprint density at radius 3 is 2.57 bits per heavy atom. The average Bonchev–Trinajstić information content (AvgIpc) is 3.21. The number of ether oxygens (including phenoxy) is 1. The number of rotatable bonds is 7. The zero-order chi connectivity index (χ0) is 17.1. The summed E-state index contributed by atoms with van der Waals surface area (Å²) in [6.45, 7) is 12.3. The fraction of sp³-hybridized carbons (Fsp3) is 0.722. The lowest BCUT2D eigenvalue weighted by atomic mass is 9.95. The van der Waals surface area contributed by atoms with E-state index in [1.807, 2.05) is 20.8 Å². The van der Waals surface area contributed by atoms with Gasteiger partial charge in [-0.15, -0.1) is 0 Å². The van der Waals surface area contributed by atoms with Gasteiger partial charge in [0, 0.05) is 37.6 Å². The maximum absolute atomic E-state index is 11.9. The molecular weight excluding hydrogens is 290 g/mol. The van der Waals surface area contributed by atoms with Crippen LogP contribution in [-0.2, 0) is 17.8 Å². The lowest BCUT2D eigenvalue weighted by Crippen LogP contribution is -2.53. The summed E-state index contributed by atoms with van der Waals surface area (Å²) in [6.07, 6.45) is 6.36. The van der Waals surface area contributed by atoms with Gasteiger partial charge in [0.15, 0.2) is 0 Å². The van der Waals surface area contributed by atoms with Crippen LogP contribution in [0.4, 0.5) is 4.79 Å². The number of aryl methyl sites for hydroxylation is 1. The molecule has 23 heavy (non-hydrogen) atoms. The van der Waals surface area contributed by atoms with E-state index >= 15 is 0 Å². The van der Waals surface area contributed by atoms with Crippen LogP contribution in [0.15, 0.2) is 18.5 Å². The first kappa shape index (κ1) is 17.9. The van der Waals surface area contributed by atoms with Gasteiger partial charge < -0.3 is 19.9 Å². The van der Waals surface area contributed by atoms with Gasteiger partial charge in [0.2, 0.25) is 0 Å². The van der Waals surface area contributed by atoms with Crippen molar-refractivity contribution < 1.29 is 9.53 Å². The van der Waals surface area contributed by atoms with Crippen molar-refractivity contribution in [2.75, 3.05) is 6.54 Å². The molecule has 1 aromatic rings. The Labute approximate surface area is 139 Å². The fourth-order valence-corrected chi connectivity index (χ4v) is 2.74. The third-order valence-corrected chi connectivity index (χ3v) is 4.35. The topological polar surface area (TPSA) is 55.3 Å². The molecule has 1 amide bonds. The summed E-state index contributed by atoms with van der Waals surface area (Å²) in [7, 11) is 0. The van der Waals surface area contributed by atoms with Crippen molar-refractivity contribution in [3.63, 3.8) is 0 Å². The molecule has 5 heteroatoms. The molecule has 1 aromatic heterocycles. The van der Waals surface area contributed by atoms with Crippen LogP contribution in [0.25, 0.3) is 0 Å². The minimum Gasteiger partial charge on any atom is -0.444 e. The van der Waals surface area contributed by atoms with Crippen LogP contribution in [0.3, 0.4) is 0 Å². The van der Waals surface area contributed by atoms with E-state index in [0.717, 1.165) is 13.1 Å². The lowest BCUT2D eigenvalue weighted by molar-refractivity contribution is 0.0507. The van der Waals surface area contributed by atoms with Crippen molar-refractivity contribution in [1.29, 1.82) is 0 Å². The van der Waals surface area contributed by atoms with Crippen LogP contribution in [0.2, 0.25) is 0 Å². The van der Waals surface area contributed by atoms with Crippen molar-refractivity contribution in [3.8, 4) is 0 Å². The smallest absolute Gasteiger partial charge is 0.407 e. The molecule has 0 spiro atoms. The third-order valence-electron chi connectivity index (χ3n) is 4.35. The third kappa shape index (κ3) is 5.57. The van der Waals surface area contributed by atoms with Crippen LogP contribution in [0.1, 0.15) is 53.0 Å². The van der Waals surface area contributed by atoms with Crippen LogP contribution in [0.5, 0.6) is 0 Å². The number of aromatic nitrogens is 1. The van der Waals surface area contributed by atoms with Gasteiger partial charge in [-0.1, -0.05) is 0 Å². The van der Waals surface area contributed by atoms with Crippen molar-refractivity contribution in [1.82, 2.24) is 15.2 Å². The van der Waals surface area contributed by atoms with Gasteiger partial charge in [-0.3, -0.25) is 0 Å². The molecular formula is C18H31N3O2. The molecule has 5 nitrogen and oxygen atoms in total. The quantitative estimate of drug-likeness (QED) is 0.810. The number of carbonyl (C=O) groups is 1. The second-order valence-electron chi connectivity index (χ2n) is 7.75. The van der Waals surface area contributed by atoms with Gasteiger partial charge in [0.05, 0.1) is 0 Å². The Hall–Kier alpha value is -1.49. The summed E-state index contributed by atoms with van der Waals surface area (Å²) in [6, 6.07) is 2.14. The summed E-state index contributed by atoms with van der Waals surface area (Å²) in [4.78, 5) is 11.9. The lowest BCUT2D eigenvalue weighted by Gasteiger charge is -2.32. The van der Waals surface area contributed by atoms with Gasteiger partial charge in [0.1, 0.15) is 5.60 Å². The molecule has 2 rings (SSSR count). The molecule has 0 bridgehead atoms. The molecule has 1 saturated carbocycles. The average molecular weight is 321 g/mol. The molecule has 0 saturated heterocycles. The molecule has 1 aliphatic rings. The van der Waals surface area contributed by atoms with Gasteiger partial charge in [-0.05, 0) is 65.0 Å². The number of alkyl carbamates (subject to hydrolysis) is 1. The number of hydrogen-bond donors (Lipinski definition) is 2. The summed E-state index contributed by atoms with van der Waals surface area (Å²) in [5.41, 5.74) is 0.720. The number of nitrogens with one attached hydrogen (secondary N) is 2. The first-order valence-corrected chi connectivity index (χ1v) is 8.58. The van der Waals surface area contributed by atoms with Crippen molar-refractivity contribution in [2.45, 2.75) is 71.7 Å². The second-order valence-corrected chi connectivity index (χ2v) is 7.75. The maximum atomic E-state index is 11.9. The predicted octanol–water partition coefficient (Wildman–Crippen LogP) is 3.29. The monoisotopic (exact) mass is 321 g/mol. The molecule has 1 atom stereocenters. The molecule has 1 fully saturated rings. The van der Waals surface area contributed by atoms with Crippen molar-refractivity contribution in [2.24, 2.45) is 5.92 Å². The molecule has 130 valence electrons. The number of hydrogen-bond acceptors (Lipinski definition) is 3. The highest BCUT2D eigenvalue weighted by Gasteiger charge is 2.41. The van der Waals surface area contributed by atoms with Gasteiger partial charge >= 0.3 is 6.09 Å². The Balaban J connectivity index is 1.87. The summed E-state index contributed by atoms with van der Waals surface area (Å²) >= 11 is 0. The minimum atomic E-state index is -0.462.